The Hall–Kier alpha value is -0.370. The lowest BCUT2D eigenvalue weighted by atomic mass is 10.1. The van der Waals surface area contributed by atoms with Crippen LogP contribution < -0.4 is 0 Å². The molecule has 1 saturated heterocycles. The molecule has 0 radical (unpaired) electrons. The molecule has 0 saturated carbocycles. The van der Waals surface area contributed by atoms with E-state index < -0.39 is 0 Å². The molecular weight excluding hydrogens is 154 g/mol. The van der Waals surface area contributed by atoms with Crippen LogP contribution in [0.5, 0.6) is 0 Å². The molecule has 0 bridgehead atoms. The Bertz CT molecular complexity index is 230. The Balaban J connectivity index is 2.28. The number of fused-ring (bicyclic) bond motifs is 1. The number of hydrogen-bond acceptors (Lipinski definition) is 1. The number of rotatable bonds is 0. The molecule has 0 N–H and O–H groups in total. The summed E-state index contributed by atoms with van der Waals surface area (Å²) in [5, 5.41) is 0. The Morgan fingerprint density at radius 3 is 2.82 bits per heavy atom. The van der Waals surface area contributed by atoms with E-state index in [1.807, 2.05) is 0 Å². The van der Waals surface area contributed by atoms with Crippen molar-refractivity contribution in [3.05, 3.63) is 11.3 Å². The van der Waals surface area contributed by atoms with Crippen molar-refractivity contribution < 1.29 is 0 Å². The fourth-order valence-corrected chi connectivity index (χ4v) is 2.30. The predicted octanol–water partition coefficient (Wildman–Crippen LogP) is 2.48. The molecule has 2 heteroatoms. The highest BCUT2D eigenvalue weighted by molar-refractivity contribution is 7.80. The lowest BCUT2D eigenvalue weighted by molar-refractivity contribution is 0.496. The second kappa shape index (κ2) is 2.59. The minimum absolute atomic E-state index is 1.13. The van der Waals surface area contributed by atoms with E-state index in [2.05, 4.69) is 11.8 Å². The number of piperidine rings is 1. The standard InChI is InChI=1S/C9H13NS/c1-7-5-6-10-8(7)3-2-4-9(10)11/h2-6H2,1H3. The van der Waals surface area contributed by atoms with Crippen LogP contribution in [0.25, 0.3) is 0 Å². The smallest absolute Gasteiger partial charge is 0.0821 e. The molecule has 2 heterocycles. The Kier molecular flexibility index (Phi) is 1.72. The van der Waals surface area contributed by atoms with Crippen LogP contribution in [-0.4, -0.2) is 16.4 Å². The summed E-state index contributed by atoms with van der Waals surface area (Å²) in [7, 11) is 0. The van der Waals surface area contributed by atoms with Crippen molar-refractivity contribution in [3.8, 4) is 0 Å². The maximum absolute atomic E-state index is 5.29. The zero-order valence-corrected chi connectivity index (χ0v) is 7.71. The third-order valence-corrected chi connectivity index (χ3v) is 3.06. The van der Waals surface area contributed by atoms with Crippen molar-refractivity contribution in [1.29, 1.82) is 0 Å². The van der Waals surface area contributed by atoms with Gasteiger partial charge >= 0.3 is 0 Å². The summed E-state index contributed by atoms with van der Waals surface area (Å²) in [6.07, 6.45) is 4.88. The zero-order valence-electron chi connectivity index (χ0n) is 6.89. The molecule has 1 fully saturated rings. The van der Waals surface area contributed by atoms with Crippen LogP contribution in [0.15, 0.2) is 11.3 Å². The summed E-state index contributed by atoms with van der Waals surface area (Å²) >= 11 is 5.29. The topological polar surface area (TPSA) is 3.24 Å². The summed E-state index contributed by atoms with van der Waals surface area (Å²) in [6.45, 7) is 3.39. The summed E-state index contributed by atoms with van der Waals surface area (Å²) < 4.78 is 0. The molecule has 1 nitrogen and oxygen atoms in total. The minimum Gasteiger partial charge on any atom is -0.339 e. The molecule has 0 aromatic carbocycles. The van der Waals surface area contributed by atoms with Gasteiger partial charge in [-0.1, -0.05) is 17.8 Å². The van der Waals surface area contributed by atoms with Gasteiger partial charge in [0.25, 0.3) is 0 Å². The molecule has 0 aromatic heterocycles. The molecule has 11 heavy (non-hydrogen) atoms. The Morgan fingerprint density at radius 2 is 2.09 bits per heavy atom. The molecule has 0 aromatic rings. The van der Waals surface area contributed by atoms with Gasteiger partial charge in [0.1, 0.15) is 0 Å². The third kappa shape index (κ3) is 1.09. The quantitative estimate of drug-likeness (QED) is 0.510. The van der Waals surface area contributed by atoms with E-state index in [1.54, 1.807) is 5.57 Å². The van der Waals surface area contributed by atoms with Crippen molar-refractivity contribution in [2.75, 3.05) is 6.54 Å². The Morgan fingerprint density at radius 1 is 1.27 bits per heavy atom. The van der Waals surface area contributed by atoms with Crippen LogP contribution >= 0.6 is 12.2 Å². The van der Waals surface area contributed by atoms with Crippen LogP contribution in [0.2, 0.25) is 0 Å². The van der Waals surface area contributed by atoms with E-state index in [0.29, 0.717) is 0 Å². The first kappa shape index (κ1) is 7.29. The molecule has 2 rings (SSSR count). The van der Waals surface area contributed by atoms with Gasteiger partial charge in [-0.05, 0) is 32.6 Å². The average molecular weight is 167 g/mol. The fourth-order valence-electron chi connectivity index (χ4n) is 1.95. The van der Waals surface area contributed by atoms with Gasteiger partial charge < -0.3 is 4.90 Å². The third-order valence-electron chi connectivity index (χ3n) is 2.63. The molecule has 0 spiro atoms. The largest absolute Gasteiger partial charge is 0.339 e. The van der Waals surface area contributed by atoms with Crippen LogP contribution in [0, 0.1) is 0 Å². The first-order valence-electron chi connectivity index (χ1n) is 4.28. The second-order valence-corrected chi connectivity index (χ2v) is 3.85. The number of hydrogen-bond donors (Lipinski definition) is 0. The van der Waals surface area contributed by atoms with Gasteiger partial charge in [-0.3, -0.25) is 0 Å². The summed E-state index contributed by atoms with van der Waals surface area (Å²) in [4.78, 5) is 3.51. The van der Waals surface area contributed by atoms with E-state index in [1.165, 1.54) is 29.9 Å². The molecule has 60 valence electrons. The van der Waals surface area contributed by atoms with E-state index in [9.17, 15) is 0 Å². The van der Waals surface area contributed by atoms with Crippen molar-refractivity contribution in [2.24, 2.45) is 0 Å². The summed E-state index contributed by atoms with van der Waals surface area (Å²) in [6, 6.07) is 0. The van der Waals surface area contributed by atoms with E-state index >= 15 is 0 Å². The van der Waals surface area contributed by atoms with Gasteiger partial charge in [-0.25, -0.2) is 0 Å². The second-order valence-electron chi connectivity index (χ2n) is 3.38. The van der Waals surface area contributed by atoms with E-state index in [0.717, 1.165) is 13.0 Å². The molecule has 0 atom stereocenters. The first-order valence-corrected chi connectivity index (χ1v) is 4.69. The lowest BCUT2D eigenvalue weighted by Gasteiger charge is -2.28. The predicted molar refractivity (Wildman–Crippen MR) is 50.5 cm³/mol. The monoisotopic (exact) mass is 167 g/mol. The summed E-state index contributed by atoms with van der Waals surface area (Å²) in [5.41, 5.74) is 3.09. The van der Waals surface area contributed by atoms with Crippen molar-refractivity contribution in [3.63, 3.8) is 0 Å². The fraction of sp³-hybridized carbons (Fsp3) is 0.667. The maximum atomic E-state index is 5.29. The van der Waals surface area contributed by atoms with Gasteiger partial charge in [0.05, 0.1) is 4.99 Å². The molecule has 0 unspecified atom stereocenters. The molecule has 0 aliphatic carbocycles. The number of nitrogens with zero attached hydrogens (tertiary/aromatic N) is 1. The minimum atomic E-state index is 1.13. The van der Waals surface area contributed by atoms with Crippen LogP contribution in [-0.2, 0) is 0 Å². The van der Waals surface area contributed by atoms with Crippen molar-refractivity contribution in [1.82, 2.24) is 4.90 Å². The van der Waals surface area contributed by atoms with Gasteiger partial charge in [0, 0.05) is 12.2 Å². The van der Waals surface area contributed by atoms with E-state index in [-0.39, 0.29) is 0 Å². The van der Waals surface area contributed by atoms with Crippen LogP contribution in [0.3, 0.4) is 0 Å². The number of thiocarbonyl (C=S) groups is 1. The highest BCUT2D eigenvalue weighted by atomic mass is 32.1. The van der Waals surface area contributed by atoms with Gasteiger partial charge in [0.15, 0.2) is 0 Å². The normalized spacial score (nSPS) is 24.5. The van der Waals surface area contributed by atoms with E-state index in [4.69, 9.17) is 12.2 Å². The molecule has 2 aliphatic heterocycles. The van der Waals surface area contributed by atoms with Gasteiger partial charge in [-0.15, -0.1) is 0 Å². The van der Waals surface area contributed by atoms with Gasteiger partial charge in [0.2, 0.25) is 0 Å². The van der Waals surface area contributed by atoms with Gasteiger partial charge in [-0.2, -0.15) is 0 Å². The molecular formula is C9H13NS. The highest BCUT2D eigenvalue weighted by Gasteiger charge is 2.25. The number of allylic oxidation sites excluding steroid dienone is 1. The first-order chi connectivity index (χ1) is 5.29. The van der Waals surface area contributed by atoms with Crippen molar-refractivity contribution >= 4 is 17.2 Å². The van der Waals surface area contributed by atoms with Crippen molar-refractivity contribution in [2.45, 2.75) is 32.6 Å². The van der Waals surface area contributed by atoms with Crippen LogP contribution in [0.4, 0.5) is 0 Å². The van der Waals surface area contributed by atoms with Crippen LogP contribution in [0.1, 0.15) is 32.6 Å². The Labute approximate surface area is 73.1 Å². The highest BCUT2D eigenvalue weighted by Crippen LogP contribution is 2.31. The summed E-state index contributed by atoms with van der Waals surface area (Å²) in [5.74, 6) is 0. The molecule has 2 aliphatic rings. The zero-order chi connectivity index (χ0) is 7.84. The maximum Gasteiger partial charge on any atom is 0.0821 e. The molecule has 0 amide bonds. The lowest BCUT2D eigenvalue weighted by Crippen LogP contribution is -2.29. The SMILES string of the molecule is CC1=C2CCCC(=S)N2CC1. The average Bonchev–Trinajstić information content (AvgIpc) is 2.35.